The van der Waals surface area contributed by atoms with Crippen molar-refractivity contribution in [2.45, 2.75) is 18.9 Å². The summed E-state index contributed by atoms with van der Waals surface area (Å²) in [5, 5.41) is 22.5. The fourth-order valence-corrected chi connectivity index (χ4v) is 1.49. The van der Waals surface area contributed by atoms with Crippen LogP contribution in [0.2, 0.25) is 0 Å². The number of carboxylic acid groups (broad SMARTS) is 1. The number of carbonyl (C=O) groups is 2. The molecule has 0 saturated carbocycles. The standard InChI is InChI=1S/C10H18N2O5/c13-8(9(14)15)1-3-11-10(16)12-5-7-2-4-17-6-7/h7-8,13H,1-6H2,(H,14,15)(H2,11,12,16). The van der Waals surface area contributed by atoms with Crippen molar-refractivity contribution >= 4 is 12.0 Å². The molecule has 4 N–H and O–H groups in total. The molecule has 0 bridgehead atoms. The normalized spacial score (nSPS) is 20.9. The van der Waals surface area contributed by atoms with Crippen LogP contribution < -0.4 is 10.6 Å². The monoisotopic (exact) mass is 246 g/mol. The highest BCUT2D eigenvalue weighted by Crippen LogP contribution is 2.10. The quantitative estimate of drug-likeness (QED) is 0.488. The molecule has 17 heavy (non-hydrogen) atoms. The maximum Gasteiger partial charge on any atom is 0.332 e. The molecule has 2 atom stereocenters. The molecule has 7 heteroatoms. The average molecular weight is 246 g/mol. The van der Waals surface area contributed by atoms with E-state index in [-0.39, 0.29) is 19.0 Å². The molecule has 2 unspecified atom stereocenters. The molecule has 7 nitrogen and oxygen atoms in total. The number of aliphatic carboxylic acids is 1. The Hall–Kier alpha value is -1.34. The summed E-state index contributed by atoms with van der Waals surface area (Å²) in [4.78, 5) is 21.5. The Morgan fingerprint density at radius 1 is 1.41 bits per heavy atom. The van der Waals surface area contributed by atoms with Crippen molar-refractivity contribution in [2.24, 2.45) is 5.92 Å². The summed E-state index contributed by atoms with van der Waals surface area (Å²) < 4.78 is 5.16. The Morgan fingerprint density at radius 2 is 2.18 bits per heavy atom. The summed E-state index contributed by atoms with van der Waals surface area (Å²) >= 11 is 0. The van der Waals surface area contributed by atoms with E-state index in [9.17, 15) is 9.59 Å². The van der Waals surface area contributed by atoms with Gasteiger partial charge < -0.3 is 25.6 Å². The lowest BCUT2D eigenvalue weighted by atomic mass is 10.1. The molecule has 0 aromatic heterocycles. The predicted molar refractivity (Wildman–Crippen MR) is 58.6 cm³/mol. The van der Waals surface area contributed by atoms with E-state index in [4.69, 9.17) is 14.9 Å². The maximum atomic E-state index is 11.3. The number of rotatable bonds is 6. The molecule has 2 amide bonds. The lowest BCUT2D eigenvalue weighted by Crippen LogP contribution is -2.40. The Balaban J connectivity index is 2.02. The zero-order valence-corrected chi connectivity index (χ0v) is 9.52. The first-order chi connectivity index (χ1) is 8.09. The highest BCUT2D eigenvalue weighted by Gasteiger charge is 2.16. The Labute approximate surface area is 99.1 Å². The van der Waals surface area contributed by atoms with E-state index in [1.165, 1.54) is 0 Å². The second-order valence-corrected chi connectivity index (χ2v) is 4.01. The molecule has 1 aliphatic rings. The Kier molecular flexibility index (Phi) is 5.71. The summed E-state index contributed by atoms with van der Waals surface area (Å²) in [7, 11) is 0. The number of carboxylic acids is 1. The molecule has 1 fully saturated rings. The van der Waals surface area contributed by atoms with Crippen molar-refractivity contribution in [3.05, 3.63) is 0 Å². The number of hydrogen-bond acceptors (Lipinski definition) is 4. The third kappa shape index (κ3) is 5.50. The number of aliphatic hydroxyl groups excluding tert-OH is 1. The molecule has 0 aliphatic carbocycles. The Bertz CT molecular complexity index is 265. The first-order valence-electron chi connectivity index (χ1n) is 5.60. The van der Waals surface area contributed by atoms with Crippen molar-refractivity contribution in [3.63, 3.8) is 0 Å². The SMILES string of the molecule is O=C(NCCC(O)C(=O)O)NCC1CCOC1. The van der Waals surface area contributed by atoms with Gasteiger partial charge in [-0.15, -0.1) is 0 Å². The highest BCUT2D eigenvalue weighted by molar-refractivity contribution is 5.74. The topological polar surface area (TPSA) is 108 Å². The number of nitrogens with one attached hydrogen (secondary N) is 2. The van der Waals surface area contributed by atoms with Gasteiger partial charge in [0, 0.05) is 32.0 Å². The van der Waals surface area contributed by atoms with Crippen molar-refractivity contribution in [1.29, 1.82) is 0 Å². The van der Waals surface area contributed by atoms with Crippen molar-refractivity contribution < 1.29 is 24.5 Å². The van der Waals surface area contributed by atoms with Gasteiger partial charge in [-0.2, -0.15) is 0 Å². The molecule has 1 rings (SSSR count). The molecule has 0 radical (unpaired) electrons. The Morgan fingerprint density at radius 3 is 2.76 bits per heavy atom. The van der Waals surface area contributed by atoms with Gasteiger partial charge >= 0.3 is 12.0 Å². The highest BCUT2D eigenvalue weighted by atomic mass is 16.5. The van der Waals surface area contributed by atoms with E-state index in [1.54, 1.807) is 0 Å². The van der Waals surface area contributed by atoms with Crippen molar-refractivity contribution in [3.8, 4) is 0 Å². The van der Waals surface area contributed by atoms with Gasteiger partial charge in [-0.3, -0.25) is 0 Å². The molecular formula is C10H18N2O5. The second-order valence-electron chi connectivity index (χ2n) is 4.01. The van der Waals surface area contributed by atoms with E-state index in [2.05, 4.69) is 10.6 Å². The van der Waals surface area contributed by atoms with Gasteiger partial charge in [-0.25, -0.2) is 9.59 Å². The van der Waals surface area contributed by atoms with Crippen LogP contribution in [0.25, 0.3) is 0 Å². The predicted octanol–water partition coefficient (Wildman–Crippen LogP) is -0.842. The van der Waals surface area contributed by atoms with Crippen LogP contribution in [-0.2, 0) is 9.53 Å². The maximum absolute atomic E-state index is 11.3. The fourth-order valence-electron chi connectivity index (χ4n) is 1.49. The van der Waals surface area contributed by atoms with Crippen molar-refractivity contribution in [2.75, 3.05) is 26.3 Å². The molecule has 0 aromatic carbocycles. The summed E-state index contributed by atoms with van der Waals surface area (Å²) in [6.45, 7) is 2.07. The first kappa shape index (κ1) is 13.7. The van der Waals surface area contributed by atoms with Gasteiger partial charge in [-0.05, 0) is 6.42 Å². The molecular weight excluding hydrogens is 228 g/mol. The zero-order valence-electron chi connectivity index (χ0n) is 9.52. The molecule has 0 aromatic rings. The van der Waals surface area contributed by atoms with Gasteiger partial charge in [0.1, 0.15) is 0 Å². The number of ether oxygens (including phenoxy) is 1. The van der Waals surface area contributed by atoms with Gasteiger partial charge in [-0.1, -0.05) is 0 Å². The van der Waals surface area contributed by atoms with Crippen LogP contribution in [0.1, 0.15) is 12.8 Å². The summed E-state index contributed by atoms with van der Waals surface area (Å²) in [6, 6.07) is -0.352. The number of aliphatic hydroxyl groups is 1. The summed E-state index contributed by atoms with van der Waals surface area (Å²) in [6.07, 6.45) is -0.494. The third-order valence-electron chi connectivity index (χ3n) is 2.56. The lowest BCUT2D eigenvalue weighted by Gasteiger charge is -2.11. The molecule has 1 aliphatic heterocycles. The van der Waals surface area contributed by atoms with Crippen LogP contribution in [0.4, 0.5) is 4.79 Å². The van der Waals surface area contributed by atoms with E-state index >= 15 is 0 Å². The number of carbonyl (C=O) groups excluding carboxylic acids is 1. The van der Waals surface area contributed by atoms with Crippen LogP contribution in [-0.4, -0.2) is 54.6 Å². The number of amides is 2. The second kappa shape index (κ2) is 7.08. The molecule has 1 saturated heterocycles. The van der Waals surface area contributed by atoms with E-state index in [0.717, 1.165) is 13.0 Å². The first-order valence-corrected chi connectivity index (χ1v) is 5.60. The van der Waals surface area contributed by atoms with Crippen LogP contribution in [0.3, 0.4) is 0 Å². The summed E-state index contributed by atoms with van der Waals surface area (Å²) in [5.41, 5.74) is 0. The van der Waals surface area contributed by atoms with Crippen LogP contribution in [0, 0.1) is 5.92 Å². The van der Waals surface area contributed by atoms with E-state index < -0.39 is 12.1 Å². The van der Waals surface area contributed by atoms with Gasteiger partial charge in [0.05, 0.1) is 6.61 Å². The van der Waals surface area contributed by atoms with E-state index in [0.29, 0.717) is 19.1 Å². The minimum absolute atomic E-state index is 0.00467. The largest absolute Gasteiger partial charge is 0.479 e. The summed E-state index contributed by atoms with van der Waals surface area (Å²) in [5.74, 6) is -0.930. The van der Waals surface area contributed by atoms with Gasteiger partial charge in [0.25, 0.3) is 0 Å². The fraction of sp³-hybridized carbons (Fsp3) is 0.800. The van der Waals surface area contributed by atoms with Gasteiger partial charge in [0.15, 0.2) is 6.10 Å². The third-order valence-corrected chi connectivity index (χ3v) is 2.56. The lowest BCUT2D eigenvalue weighted by molar-refractivity contribution is -0.146. The van der Waals surface area contributed by atoms with Crippen LogP contribution >= 0.6 is 0 Å². The molecule has 1 heterocycles. The van der Waals surface area contributed by atoms with Gasteiger partial charge in [0.2, 0.25) is 0 Å². The minimum Gasteiger partial charge on any atom is -0.479 e. The van der Waals surface area contributed by atoms with Crippen LogP contribution in [0.5, 0.6) is 0 Å². The van der Waals surface area contributed by atoms with Crippen molar-refractivity contribution in [1.82, 2.24) is 10.6 Å². The number of urea groups is 1. The molecule has 0 spiro atoms. The average Bonchev–Trinajstić information content (AvgIpc) is 2.78. The zero-order chi connectivity index (χ0) is 12.7. The number of hydrogen-bond donors (Lipinski definition) is 4. The molecule has 98 valence electrons. The van der Waals surface area contributed by atoms with E-state index in [1.807, 2.05) is 0 Å². The smallest absolute Gasteiger partial charge is 0.332 e. The minimum atomic E-state index is -1.43. The van der Waals surface area contributed by atoms with Crippen LogP contribution in [0.15, 0.2) is 0 Å².